The molecule has 0 bridgehead atoms. The van der Waals surface area contributed by atoms with E-state index in [1.807, 2.05) is 36.4 Å². The van der Waals surface area contributed by atoms with Crippen LogP contribution < -0.4 is 5.73 Å². The van der Waals surface area contributed by atoms with E-state index in [1.165, 1.54) is 0 Å². The first-order chi connectivity index (χ1) is 10.1. The maximum absolute atomic E-state index is 12.5. The lowest BCUT2D eigenvalue weighted by Crippen LogP contribution is -2.02. The topological polar surface area (TPSA) is 56.0 Å². The molecule has 1 heterocycles. The van der Waals surface area contributed by atoms with Gasteiger partial charge in [0, 0.05) is 16.1 Å². The molecule has 1 atom stereocenters. The van der Waals surface area contributed by atoms with Gasteiger partial charge in [0.15, 0.2) is 0 Å². The third-order valence-electron chi connectivity index (χ3n) is 3.16. The lowest BCUT2D eigenvalue weighted by Gasteiger charge is -2.07. The zero-order valence-electron chi connectivity index (χ0n) is 11.1. The van der Waals surface area contributed by atoms with Gasteiger partial charge in [0.2, 0.25) is 0 Å². The van der Waals surface area contributed by atoms with E-state index in [-0.39, 0.29) is 0 Å². The van der Waals surface area contributed by atoms with Gasteiger partial charge < -0.3 is 5.73 Å². The first kappa shape index (κ1) is 14.0. The van der Waals surface area contributed by atoms with Gasteiger partial charge in [0.1, 0.15) is 0 Å². The molecule has 0 aliphatic rings. The fraction of sp³-hybridized carbons (Fsp3) is 0.0625. The highest BCUT2D eigenvalue weighted by Gasteiger charge is 2.11. The molecule has 0 amide bonds. The predicted molar refractivity (Wildman–Crippen MR) is 87.7 cm³/mol. The van der Waals surface area contributed by atoms with Gasteiger partial charge in [-0.15, -0.1) is 0 Å². The van der Waals surface area contributed by atoms with Gasteiger partial charge in [-0.2, -0.15) is 0 Å². The van der Waals surface area contributed by atoms with Crippen molar-refractivity contribution in [1.29, 1.82) is 0 Å². The van der Waals surface area contributed by atoms with E-state index in [0.29, 0.717) is 21.4 Å². The van der Waals surface area contributed by atoms with Gasteiger partial charge in [-0.25, -0.2) is 0 Å². The Morgan fingerprint density at radius 2 is 1.90 bits per heavy atom. The van der Waals surface area contributed by atoms with Crippen LogP contribution in [0.3, 0.4) is 0 Å². The first-order valence-electron chi connectivity index (χ1n) is 6.41. The highest BCUT2D eigenvalue weighted by atomic mass is 35.5. The number of fused-ring (bicyclic) bond motifs is 1. The van der Waals surface area contributed by atoms with Crippen molar-refractivity contribution < 1.29 is 4.21 Å². The third-order valence-corrected chi connectivity index (χ3v) is 4.79. The minimum atomic E-state index is -1.27. The number of benzene rings is 2. The Hall–Kier alpha value is -1.91. The molecule has 21 heavy (non-hydrogen) atoms. The van der Waals surface area contributed by atoms with Crippen LogP contribution in [0.4, 0.5) is 5.69 Å². The number of hydrogen-bond donors (Lipinski definition) is 1. The summed E-state index contributed by atoms with van der Waals surface area (Å²) in [6.07, 6.45) is 0. The summed E-state index contributed by atoms with van der Waals surface area (Å²) in [5.74, 6) is 0.315. The Balaban J connectivity index is 1.90. The highest BCUT2D eigenvalue weighted by Crippen LogP contribution is 2.23. The van der Waals surface area contributed by atoms with E-state index in [1.54, 1.807) is 18.2 Å². The number of para-hydroxylation sites is 1. The molecule has 2 N–H and O–H groups in total. The summed E-state index contributed by atoms with van der Waals surface area (Å²) in [6, 6.07) is 16.7. The van der Waals surface area contributed by atoms with Gasteiger partial charge >= 0.3 is 0 Å². The molecule has 1 aromatic heterocycles. The van der Waals surface area contributed by atoms with E-state index in [2.05, 4.69) is 4.98 Å². The summed E-state index contributed by atoms with van der Waals surface area (Å²) >= 11 is 5.94. The van der Waals surface area contributed by atoms with Crippen molar-refractivity contribution in [3.63, 3.8) is 0 Å². The molecular formula is C16H13ClN2OS. The van der Waals surface area contributed by atoms with Crippen molar-refractivity contribution in [1.82, 2.24) is 4.98 Å². The Kier molecular flexibility index (Phi) is 3.90. The molecule has 2 aromatic carbocycles. The van der Waals surface area contributed by atoms with Gasteiger partial charge in [0.05, 0.1) is 32.7 Å². The standard InChI is InChI=1S/C16H13ClN2OS/c17-12-6-8-14(18)16(9-12)21(20)10-13-7-5-11-3-1-2-4-15(11)19-13/h1-9H,10,18H2. The normalized spacial score (nSPS) is 12.4. The van der Waals surface area contributed by atoms with Crippen LogP contribution in [0.1, 0.15) is 5.69 Å². The smallest absolute Gasteiger partial charge is 0.0706 e. The van der Waals surface area contributed by atoms with Crippen LogP contribution in [-0.2, 0) is 16.6 Å². The molecule has 0 aliphatic heterocycles. The van der Waals surface area contributed by atoms with Crippen LogP contribution in [0.2, 0.25) is 5.02 Å². The van der Waals surface area contributed by atoms with E-state index >= 15 is 0 Å². The predicted octanol–water partition coefficient (Wildman–Crippen LogP) is 3.78. The van der Waals surface area contributed by atoms with Crippen LogP contribution in [0.15, 0.2) is 59.5 Å². The average Bonchev–Trinajstić information content (AvgIpc) is 2.49. The van der Waals surface area contributed by atoms with Crippen molar-refractivity contribution >= 4 is 39.0 Å². The fourth-order valence-electron chi connectivity index (χ4n) is 2.11. The van der Waals surface area contributed by atoms with Crippen molar-refractivity contribution in [2.45, 2.75) is 10.6 Å². The first-order valence-corrected chi connectivity index (χ1v) is 8.11. The Bertz CT molecular complexity index is 835. The quantitative estimate of drug-likeness (QED) is 0.748. The SMILES string of the molecule is Nc1ccc(Cl)cc1S(=O)Cc1ccc2ccccc2n1. The number of anilines is 1. The molecule has 3 nitrogen and oxygen atoms in total. The number of halogens is 1. The number of rotatable bonds is 3. The molecule has 0 spiro atoms. The van der Waals surface area contributed by atoms with Crippen LogP contribution in [-0.4, -0.2) is 9.19 Å². The monoisotopic (exact) mass is 316 g/mol. The minimum absolute atomic E-state index is 0.315. The summed E-state index contributed by atoms with van der Waals surface area (Å²) in [5, 5.41) is 1.59. The number of nitrogens with zero attached hydrogens (tertiary/aromatic N) is 1. The van der Waals surface area contributed by atoms with E-state index in [0.717, 1.165) is 16.6 Å². The largest absolute Gasteiger partial charge is 0.398 e. The second-order valence-corrected chi connectivity index (χ2v) is 6.52. The van der Waals surface area contributed by atoms with Crippen molar-refractivity contribution in [3.8, 4) is 0 Å². The van der Waals surface area contributed by atoms with Crippen LogP contribution >= 0.6 is 11.6 Å². The van der Waals surface area contributed by atoms with E-state index < -0.39 is 10.8 Å². The molecule has 106 valence electrons. The van der Waals surface area contributed by atoms with Crippen molar-refractivity contribution in [2.75, 3.05) is 5.73 Å². The minimum Gasteiger partial charge on any atom is -0.398 e. The lowest BCUT2D eigenvalue weighted by molar-refractivity contribution is 0.682. The molecular weight excluding hydrogens is 304 g/mol. The molecule has 0 fully saturated rings. The lowest BCUT2D eigenvalue weighted by atomic mass is 10.2. The second-order valence-electron chi connectivity index (χ2n) is 4.67. The maximum Gasteiger partial charge on any atom is 0.0706 e. The highest BCUT2D eigenvalue weighted by molar-refractivity contribution is 7.84. The molecule has 1 unspecified atom stereocenters. The van der Waals surface area contributed by atoms with E-state index in [4.69, 9.17) is 17.3 Å². The molecule has 3 aromatic rings. The van der Waals surface area contributed by atoms with Gasteiger partial charge in [-0.05, 0) is 30.3 Å². The summed E-state index contributed by atoms with van der Waals surface area (Å²) in [5.41, 5.74) is 8.01. The van der Waals surface area contributed by atoms with Crippen molar-refractivity contribution in [3.05, 3.63) is 65.3 Å². The van der Waals surface area contributed by atoms with Gasteiger partial charge in [-0.3, -0.25) is 9.19 Å². The molecule has 0 saturated carbocycles. The molecule has 3 rings (SSSR count). The number of pyridine rings is 1. The van der Waals surface area contributed by atoms with Crippen molar-refractivity contribution in [2.24, 2.45) is 0 Å². The number of hydrogen-bond acceptors (Lipinski definition) is 3. The molecule has 0 radical (unpaired) electrons. The summed E-state index contributed by atoms with van der Waals surface area (Å²) in [7, 11) is -1.27. The molecule has 0 aliphatic carbocycles. The Morgan fingerprint density at radius 3 is 2.76 bits per heavy atom. The van der Waals surface area contributed by atoms with Crippen LogP contribution in [0.25, 0.3) is 10.9 Å². The summed E-state index contributed by atoms with van der Waals surface area (Å²) < 4.78 is 12.5. The molecule has 5 heteroatoms. The number of nitrogens with two attached hydrogens (primary N) is 1. The zero-order valence-corrected chi connectivity index (χ0v) is 12.7. The number of aromatic nitrogens is 1. The summed E-state index contributed by atoms with van der Waals surface area (Å²) in [6.45, 7) is 0. The third kappa shape index (κ3) is 3.06. The summed E-state index contributed by atoms with van der Waals surface area (Å²) in [4.78, 5) is 5.08. The van der Waals surface area contributed by atoms with Gasteiger partial charge in [0.25, 0.3) is 0 Å². The zero-order chi connectivity index (χ0) is 14.8. The molecule has 0 saturated heterocycles. The van der Waals surface area contributed by atoms with E-state index in [9.17, 15) is 4.21 Å². The Morgan fingerprint density at radius 1 is 1.10 bits per heavy atom. The van der Waals surface area contributed by atoms with Crippen LogP contribution in [0.5, 0.6) is 0 Å². The van der Waals surface area contributed by atoms with Gasteiger partial charge in [-0.1, -0.05) is 35.9 Å². The second kappa shape index (κ2) is 5.84. The Labute approximate surface area is 130 Å². The fourth-order valence-corrected chi connectivity index (χ4v) is 3.52. The maximum atomic E-state index is 12.5. The number of nitrogen functional groups attached to an aromatic ring is 1. The van der Waals surface area contributed by atoms with Crippen LogP contribution in [0, 0.1) is 0 Å². The average molecular weight is 317 g/mol.